The third kappa shape index (κ3) is 3.40. The van der Waals surface area contributed by atoms with E-state index in [1.165, 1.54) is 12.1 Å². The fourth-order valence-corrected chi connectivity index (χ4v) is 3.62. The number of benzene rings is 1. The predicted molar refractivity (Wildman–Crippen MR) is 113 cm³/mol. The quantitative estimate of drug-likeness (QED) is 0.515. The number of amides is 4. The first-order valence-corrected chi connectivity index (χ1v) is 9.52. The molecule has 0 saturated carbocycles. The molecule has 0 bridgehead atoms. The lowest BCUT2D eigenvalue weighted by Crippen LogP contribution is -2.54. The van der Waals surface area contributed by atoms with Gasteiger partial charge in [0.05, 0.1) is 5.69 Å². The van der Waals surface area contributed by atoms with Crippen LogP contribution in [0.3, 0.4) is 0 Å². The molecule has 150 valence electrons. The summed E-state index contributed by atoms with van der Waals surface area (Å²) in [6.45, 7) is 3.79. The lowest BCUT2D eigenvalue weighted by atomic mass is 10.1. The smallest absolute Gasteiger partial charge is 0.303 e. The third-order valence-corrected chi connectivity index (χ3v) is 5.05. The number of hydrogen-bond acceptors (Lipinski definition) is 4. The molecule has 1 aliphatic heterocycles. The van der Waals surface area contributed by atoms with Crippen LogP contribution < -0.4 is 10.2 Å². The number of barbiturate groups is 1. The topological polar surface area (TPSA) is 84.3 Å². The van der Waals surface area contributed by atoms with E-state index in [9.17, 15) is 14.4 Å². The Morgan fingerprint density at radius 1 is 1.03 bits per heavy atom. The van der Waals surface area contributed by atoms with Crippen molar-refractivity contribution < 1.29 is 14.4 Å². The van der Waals surface area contributed by atoms with E-state index in [2.05, 4.69) is 10.3 Å². The van der Waals surface area contributed by atoms with Crippen molar-refractivity contribution in [1.29, 1.82) is 0 Å². The van der Waals surface area contributed by atoms with Gasteiger partial charge in [-0.05, 0) is 61.9 Å². The molecule has 0 atom stereocenters. The van der Waals surface area contributed by atoms with Gasteiger partial charge in [-0.15, -0.1) is 0 Å². The highest BCUT2D eigenvalue weighted by Crippen LogP contribution is 2.26. The first kappa shape index (κ1) is 19.6. The molecular weight excluding hydrogens is 404 g/mol. The van der Waals surface area contributed by atoms with E-state index < -0.39 is 17.8 Å². The molecule has 4 amide bonds. The summed E-state index contributed by atoms with van der Waals surface area (Å²) < 4.78 is 1.93. The summed E-state index contributed by atoms with van der Waals surface area (Å²) in [6, 6.07) is 12.9. The van der Waals surface area contributed by atoms with Crippen LogP contribution in [-0.4, -0.2) is 27.4 Å². The number of aromatic nitrogens is 2. The summed E-state index contributed by atoms with van der Waals surface area (Å²) in [6.07, 6.45) is 3.18. The molecular formula is C22H17ClN4O3. The van der Waals surface area contributed by atoms with Crippen LogP contribution in [0.1, 0.15) is 17.0 Å². The molecule has 1 fully saturated rings. The molecule has 2 aromatic heterocycles. The summed E-state index contributed by atoms with van der Waals surface area (Å²) in [4.78, 5) is 43.1. The first-order valence-electron chi connectivity index (χ1n) is 9.14. The molecule has 4 rings (SSSR count). The van der Waals surface area contributed by atoms with Crippen molar-refractivity contribution in [2.45, 2.75) is 13.8 Å². The van der Waals surface area contributed by atoms with Crippen LogP contribution in [0.2, 0.25) is 5.02 Å². The number of urea groups is 1. The van der Waals surface area contributed by atoms with E-state index in [-0.39, 0.29) is 11.3 Å². The summed E-state index contributed by atoms with van der Waals surface area (Å²) in [5.41, 5.74) is 2.52. The molecule has 3 aromatic rings. The predicted octanol–water partition coefficient (Wildman–Crippen LogP) is 3.81. The lowest BCUT2D eigenvalue weighted by molar-refractivity contribution is -0.122. The van der Waals surface area contributed by atoms with E-state index >= 15 is 0 Å². The Hall–Kier alpha value is -3.71. The van der Waals surface area contributed by atoms with Crippen molar-refractivity contribution in [2.75, 3.05) is 4.90 Å². The standard InChI is InChI=1S/C22H17ClN4O3/c1-13-10-15(14(2)26(13)19-8-3-4-9-24-19)11-18-20(28)25-22(30)27(21(18)29)17-7-5-6-16(23)12-17/h3-12H,1-2H3,(H,25,28,30)/b18-11+. The minimum absolute atomic E-state index is 0.143. The number of carbonyl (C=O) groups excluding carboxylic acids is 3. The maximum atomic E-state index is 13.0. The number of pyridine rings is 1. The maximum Gasteiger partial charge on any atom is 0.335 e. The first-order chi connectivity index (χ1) is 14.4. The van der Waals surface area contributed by atoms with Crippen molar-refractivity contribution in [1.82, 2.24) is 14.9 Å². The average Bonchev–Trinajstić information content (AvgIpc) is 2.99. The number of rotatable bonds is 3. The molecule has 1 aliphatic rings. The Kier molecular flexibility index (Phi) is 4.97. The fraction of sp³-hybridized carbons (Fsp3) is 0.0909. The van der Waals surface area contributed by atoms with Crippen molar-refractivity contribution in [3.63, 3.8) is 0 Å². The molecule has 3 heterocycles. The van der Waals surface area contributed by atoms with E-state index in [0.717, 1.165) is 22.1 Å². The Balaban J connectivity index is 1.77. The van der Waals surface area contributed by atoms with Gasteiger partial charge >= 0.3 is 6.03 Å². The molecule has 0 unspecified atom stereocenters. The van der Waals surface area contributed by atoms with E-state index in [1.54, 1.807) is 24.4 Å². The highest BCUT2D eigenvalue weighted by atomic mass is 35.5. The molecule has 0 aliphatic carbocycles. The van der Waals surface area contributed by atoms with Crippen LogP contribution in [-0.2, 0) is 9.59 Å². The third-order valence-electron chi connectivity index (χ3n) is 4.82. The second kappa shape index (κ2) is 7.61. The zero-order valence-corrected chi connectivity index (χ0v) is 17.0. The van der Waals surface area contributed by atoms with E-state index in [4.69, 9.17) is 11.6 Å². The minimum Gasteiger partial charge on any atom is -0.303 e. The van der Waals surface area contributed by atoms with Crippen molar-refractivity contribution in [2.24, 2.45) is 0 Å². The summed E-state index contributed by atoms with van der Waals surface area (Å²) in [5.74, 6) is -0.730. The number of imide groups is 2. The highest BCUT2D eigenvalue weighted by Gasteiger charge is 2.37. The summed E-state index contributed by atoms with van der Waals surface area (Å²) >= 11 is 5.99. The maximum absolute atomic E-state index is 13.0. The van der Waals surface area contributed by atoms with Gasteiger partial charge in [-0.25, -0.2) is 14.7 Å². The number of halogens is 1. The molecule has 7 nitrogen and oxygen atoms in total. The van der Waals surface area contributed by atoms with Gasteiger partial charge in [-0.3, -0.25) is 14.9 Å². The molecule has 1 saturated heterocycles. The number of hydrogen-bond donors (Lipinski definition) is 1. The van der Waals surface area contributed by atoms with Gasteiger partial charge in [0.1, 0.15) is 11.4 Å². The Bertz CT molecular complexity index is 1210. The Labute approximate surface area is 177 Å². The SMILES string of the molecule is Cc1cc(/C=C2\C(=O)NC(=O)N(c3cccc(Cl)c3)C2=O)c(C)n1-c1ccccn1. The van der Waals surface area contributed by atoms with Crippen LogP contribution in [0.5, 0.6) is 0 Å². The van der Waals surface area contributed by atoms with E-state index in [1.807, 2.05) is 42.7 Å². The number of anilines is 1. The molecule has 0 radical (unpaired) electrons. The molecule has 1 aromatic carbocycles. The monoisotopic (exact) mass is 420 g/mol. The van der Waals surface area contributed by atoms with Gasteiger partial charge in [-0.2, -0.15) is 0 Å². The Morgan fingerprint density at radius 3 is 2.53 bits per heavy atom. The number of carbonyl (C=O) groups is 3. The molecule has 1 N–H and O–H groups in total. The second-order valence-corrected chi connectivity index (χ2v) is 7.22. The highest BCUT2D eigenvalue weighted by molar-refractivity contribution is 6.39. The largest absolute Gasteiger partial charge is 0.335 e. The van der Waals surface area contributed by atoms with Crippen LogP contribution in [0.15, 0.2) is 60.3 Å². The summed E-state index contributed by atoms with van der Waals surface area (Å²) in [7, 11) is 0. The van der Waals surface area contributed by atoms with Gasteiger partial charge in [0, 0.05) is 22.6 Å². The van der Waals surface area contributed by atoms with Crippen LogP contribution in [0, 0.1) is 13.8 Å². The average molecular weight is 421 g/mol. The number of nitrogens with one attached hydrogen (secondary N) is 1. The van der Waals surface area contributed by atoms with Crippen LogP contribution >= 0.6 is 11.6 Å². The van der Waals surface area contributed by atoms with Gasteiger partial charge < -0.3 is 4.57 Å². The van der Waals surface area contributed by atoms with Gasteiger partial charge in [0.15, 0.2) is 0 Å². The van der Waals surface area contributed by atoms with Crippen molar-refractivity contribution in [3.05, 3.63) is 82.3 Å². The second-order valence-electron chi connectivity index (χ2n) is 6.79. The van der Waals surface area contributed by atoms with Crippen molar-refractivity contribution in [3.8, 4) is 5.82 Å². The molecule has 0 spiro atoms. The minimum atomic E-state index is -0.816. The number of aryl methyl sites for hydroxylation is 1. The zero-order chi connectivity index (χ0) is 21.4. The summed E-state index contributed by atoms with van der Waals surface area (Å²) in [5, 5.41) is 2.59. The van der Waals surface area contributed by atoms with Crippen molar-refractivity contribution >= 4 is 41.2 Å². The van der Waals surface area contributed by atoms with Crippen LogP contribution in [0.4, 0.5) is 10.5 Å². The molecule has 30 heavy (non-hydrogen) atoms. The van der Waals surface area contributed by atoms with Gasteiger partial charge in [-0.1, -0.05) is 23.7 Å². The van der Waals surface area contributed by atoms with Gasteiger partial charge in [0.2, 0.25) is 0 Å². The Morgan fingerprint density at radius 2 is 1.83 bits per heavy atom. The van der Waals surface area contributed by atoms with Crippen LogP contribution in [0.25, 0.3) is 11.9 Å². The number of nitrogens with zero attached hydrogens (tertiary/aromatic N) is 3. The fourth-order valence-electron chi connectivity index (χ4n) is 3.43. The lowest BCUT2D eigenvalue weighted by Gasteiger charge is -2.26. The normalized spacial score (nSPS) is 15.6. The van der Waals surface area contributed by atoms with Gasteiger partial charge in [0.25, 0.3) is 11.8 Å². The van der Waals surface area contributed by atoms with E-state index in [0.29, 0.717) is 10.6 Å². The zero-order valence-electron chi connectivity index (χ0n) is 16.2. The molecule has 8 heteroatoms.